The normalized spacial score (nSPS) is 17.5. The van der Waals surface area contributed by atoms with E-state index in [1.54, 1.807) is 19.2 Å². The van der Waals surface area contributed by atoms with Crippen molar-refractivity contribution in [2.75, 3.05) is 30.5 Å². The molecule has 0 saturated carbocycles. The predicted molar refractivity (Wildman–Crippen MR) is 169 cm³/mol. The Hall–Kier alpha value is -1.29. The van der Waals surface area contributed by atoms with E-state index in [4.69, 9.17) is 11.6 Å². The van der Waals surface area contributed by atoms with E-state index in [2.05, 4.69) is 18.3 Å². The molecule has 4 atom stereocenters. The largest absolute Gasteiger partial charge is 0.308 e. The van der Waals surface area contributed by atoms with Gasteiger partial charge in [0, 0.05) is 45.5 Å². The molecule has 1 aromatic heterocycles. The molecule has 3 rings (SSSR count). The first-order valence-corrected chi connectivity index (χ1v) is 19.3. The maximum absolute atomic E-state index is 14.5. The highest BCUT2D eigenvalue weighted by molar-refractivity contribution is 8.46. The molecule has 0 bridgehead atoms. The molecular formula is C27H39ClFN2O4PS3. The van der Waals surface area contributed by atoms with Gasteiger partial charge < -0.3 is 4.90 Å². The predicted octanol–water partition coefficient (Wildman–Crippen LogP) is 7.38. The highest BCUT2D eigenvalue weighted by Gasteiger charge is 2.34. The van der Waals surface area contributed by atoms with Crippen LogP contribution < -0.4 is 9.62 Å². The minimum Gasteiger partial charge on any atom is -0.308 e. The van der Waals surface area contributed by atoms with Crippen molar-refractivity contribution in [3.05, 3.63) is 56.3 Å². The second kappa shape index (κ2) is 18.2. The Morgan fingerprint density at radius 1 is 1.26 bits per heavy atom. The number of thiophene rings is 1. The van der Waals surface area contributed by atoms with E-state index in [1.807, 2.05) is 26.8 Å². The number of nitrogens with one attached hydrogen (secondary N) is 1. The molecule has 6 nitrogen and oxygen atoms in total. The average Bonchev–Trinajstić information content (AvgIpc) is 3.50. The van der Waals surface area contributed by atoms with E-state index < -0.39 is 33.3 Å². The van der Waals surface area contributed by atoms with E-state index >= 15 is 0 Å². The number of Topliss-reactive ketones (excluding diaryl/α,β-unsaturated/α-hetero) is 1. The van der Waals surface area contributed by atoms with Crippen LogP contribution in [0.4, 0.5) is 10.1 Å². The summed E-state index contributed by atoms with van der Waals surface area (Å²) in [7, 11) is -2.29. The fraction of sp³-hybridized carbons (Fsp3) is 0.481. The first kappa shape index (κ1) is 35.7. The molecule has 0 spiro atoms. The number of benzene rings is 1. The number of carbonyl (C=O) groups excluding carboxylic acids is 2. The van der Waals surface area contributed by atoms with Crippen LogP contribution in [0.1, 0.15) is 69.1 Å². The van der Waals surface area contributed by atoms with Gasteiger partial charge in [-0.15, -0.1) is 11.3 Å². The van der Waals surface area contributed by atoms with Crippen LogP contribution in [0, 0.1) is 5.82 Å². The monoisotopic (exact) mass is 636 g/mol. The smallest absolute Gasteiger partial charge is 0.245 e. The zero-order valence-electron chi connectivity index (χ0n) is 23.6. The molecular weight excluding hydrogens is 598 g/mol. The van der Waals surface area contributed by atoms with Crippen molar-refractivity contribution < 1.29 is 22.4 Å². The summed E-state index contributed by atoms with van der Waals surface area (Å²) in [5.41, 5.74) is 1.19. The molecule has 1 aromatic carbocycles. The van der Waals surface area contributed by atoms with Gasteiger partial charge in [0.1, 0.15) is 22.8 Å². The lowest BCUT2D eigenvalue weighted by Gasteiger charge is -2.18. The quantitative estimate of drug-likeness (QED) is 0.218. The van der Waals surface area contributed by atoms with E-state index in [9.17, 15) is 22.4 Å². The van der Waals surface area contributed by atoms with Gasteiger partial charge in [-0.25, -0.2) is 13.3 Å². The summed E-state index contributed by atoms with van der Waals surface area (Å²) in [4.78, 5) is 26.6. The number of allylic oxidation sites excluding steroid dienone is 1. The first-order chi connectivity index (χ1) is 18.5. The zero-order valence-corrected chi connectivity index (χ0v) is 27.7. The lowest BCUT2D eigenvalue weighted by Crippen LogP contribution is -2.39. The Morgan fingerprint density at radius 2 is 1.92 bits per heavy atom. The molecule has 1 aliphatic rings. The van der Waals surface area contributed by atoms with Crippen molar-refractivity contribution in [1.82, 2.24) is 4.72 Å². The van der Waals surface area contributed by atoms with Gasteiger partial charge in [-0.3, -0.25) is 13.8 Å². The third-order valence-corrected chi connectivity index (χ3v) is 13.2. The van der Waals surface area contributed by atoms with Gasteiger partial charge in [0.25, 0.3) is 0 Å². The molecule has 1 N–H and O–H groups in total. The topological polar surface area (TPSA) is 83.6 Å². The maximum atomic E-state index is 14.5. The van der Waals surface area contributed by atoms with Gasteiger partial charge in [0.05, 0.1) is 10.0 Å². The Morgan fingerprint density at radius 3 is 2.41 bits per heavy atom. The van der Waals surface area contributed by atoms with Gasteiger partial charge in [0.2, 0.25) is 5.91 Å². The molecule has 1 fully saturated rings. The maximum Gasteiger partial charge on any atom is 0.245 e. The fourth-order valence-corrected chi connectivity index (χ4v) is 7.80. The highest BCUT2D eigenvalue weighted by Crippen LogP contribution is 2.34. The summed E-state index contributed by atoms with van der Waals surface area (Å²) in [5.74, 6) is -1.13. The Balaban J connectivity index is 0.000000654. The Kier molecular flexibility index (Phi) is 16.7. The summed E-state index contributed by atoms with van der Waals surface area (Å²) >= 11 is 7.30. The average molecular weight is 637 g/mol. The second-order valence-electron chi connectivity index (χ2n) is 8.37. The third kappa shape index (κ3) is 11.2. The lowest BCUT2D eigenvalue weighted by molar-refractivity contribution is -0.118. The molecule has 1 saturated heterocycles. The standard InChI is InChI=1S/C20H20ClFN2O3S2.C5H13OPS.C2H6/c1-3-17(25)13-4-5-16(14(22)10-13)24-9-8-15(20(24)26)23-29(27)11-12(2)18-6-7-19(21)28-18;1-4-5-7(2)8(3)6;1-2/h4-7,10-11,15,23H,3,8-9H2,1-2H3;4-5H2,1-3H3;1-2H3/b12-11+;;. The van der Waals surface area contributed by atoms with E-state index in [0.29, 0.717) is 17.3 Å². The summed E-state index contributed by atoms with van der Waals surface area (Å²) < 4.78 is 41.0. The molecule has 218 valence electrons. The summed E-state index contributed by atoms with van der Waals surface area (Å²) in [6.45, 7) is 12.0. The number of nitrogens with zero attached hydrogens (tertiary/aromatic N) is 1. The number of anilines is 1. The number of hydrogen-bond donors (Lipinski definition) is 1. The fourth-order valence-electron chi connectivity index (χ4n) is 3.49. The van der Waals surface area contributed by atoms with Gasteiger partial charge in [-0.2, -0.15) is 0 Å². The Labute approximate surface area is 247 Å². The van der Waals surface area contributed by atoms with E-state index in [0.717, 1.165) is 22.7 Å². The molecule has 4 unspecified atom stereocenters. The van der Waals surface area contributed by atoms with E-state index in [1.165, 1.54) is 40.2 Å². The Bertz CT molecular complexity index is 1190. The van der Waals surface area contributed by atoms with Gasteiger partial charge in [0.15, 0.2) is 5.78 Å². The molecule has 2 aromatic rings. The minimum absolute atomic E-state index is 0.123. The van der Waals surface area contributed by atoms with Crippen molar-refractivity contribution in [2.24, 2.45) is 0 Å². The summed E-state index contributed by atoms with van der Waals surface area (Å²) in [6, 6.07) is 7.05. The lowest BCUT2D eigenvalue weighted by atomic mass is 10.1. The minimum atomic E-state index is -1.57. The summed E-state index contributed by atoms with van der Waals surface area (Å²) in [5, 5.41) is 1.53. The number of amides is 1. The third-order valence-electron chi connectivity index (χ3n) is 5.57. The number of hydrogen-bond acceptors (Lipinski definition) is 5. The zero-order chi connectivity index (χ0) is 29.7. The SMILES string of the molecule is CC.CCC(=O)c1ccc(N2CCC(NS(=O)/C=C(\C)c3ccc(Cl)s3)C2=O)c(F)c1.CCCP(C)S(C)=O. The molecule has 2 heterocycles. The van der Waals surface area contributed by atoms with Crippen LogP contribution in [0.15, 0.2) is 35.7 Å². The first-order valence-electron chi connectivity index (χ1n) is 12.8. The van der Waals surface area contributed by atoms with Crippen molar-refractivity contribution in [2.45, 2.75) is 59.9 Å². The molecule has 39 heavy (non-hydrogen) atoms. The molecule has 1 aliphatic heterocycles. The molecule has 0 aliphatic carbocycles. The van der Waals surface area contributed by atoms with E-state index in [-0.39, 0.29) is 36.5 Å². The number of halogens is 2. The van der Waals surface area contributed by atoms with Crippen molar-refractivity contribution in [3.63, 3.8) is 0 Å². The van der Waals surface area contributed by atoms with Gasteiger partial charge in [-0.1, -0.05) is 45.7 Å². The van der Waals surface area contributed by atoms with Crippen LogP contribution in [0.5, 0.6) is 0 Å². The molecule has 0 radical (unpaired) electrons. The van der Waals surface area contributed by atoms with Crippen molar-refractivity contribution in [1.29, 1.82) is 0 Å². The summed E-state index contributed by atoms with van der Waals surface area (Å²) in [6.07, 6.45) is 4.79. The molecule has 1 amide bonds. The molecule has 12 heteroatoms. The number of carbonyl (C=O) groups is 2. The van der Waals surface area contributed by atoms with Crippen LogP contribution in [-0.2, 0) is 26.2 Å². The van der Waals surface area contributed by atoms with Crippen LogP contribution in [0.3, 0.4) is 0 Å². The highest BCUT2D eigenvalue weighted by atomic mass is 35.5. The van der Waals surface area contributed by atoms with Crippen molar-refractivity contribution in [3.8, 4) is 0 Å². The van der Waals surface area contributed by atoms with Crippen LogP contribution in [-0.4, -0.2) is 51.8 Å². The van der Waals surface area contributed by atoms with Crippen LogP contribution in [0.2, 0.25) is 4.34 Å². The van der Waals surface area contributed by atoms with Crippen LogP contribution in [0.25, 0.3) is 5.57 Å². The second-order valence-corrected chi connectivity index (χ2v) is 17.1. The van der Waals surface area contributed by atoms with Gasteiger partial charge >= 0.3 is 0 Å². The van der Waals surface area contributed by atoms with Crippen molar-refractivity contribution >= 4 is 74.4 Å². The van der Waals surface area contributed by atoms with Crippen LogP contribution >= 0.6 is 30.1 Å². The number of rotatable bonds is 10. The number of ketones is 1. The van der Waals surface area contributed by atoms with Gasteiger partial charge in [-0.05, 0) is 69.2 Å².